The number of hydrogen-bond acceptors (Lipinski definition) is 6. The molecule has 2 amide bonds. The van der Waals surface area contributed by atoms with Crippen LogP contribution in [0.5, 0.6) is 0 Å². The van der Waals surface area contributed by atoms with Gasteiger partial charge in [-0.3, -0.25) is 9.59 Å². The standard InChI is InChI=1S/C22H23N5O4S/c1-13-5-4-6-16(11-13)20(29)23-14(2)19-25-26-22(27(19)3)32-12-18(28)24-17-9-7-15(8-10-17)21(30)31/h4-11,14H,12H2,1-3H3,(H,23,29)(H,24,28)(H,30,31). The highest BCUT2D eigenvalue weighted by Gasteiger charge is 2.19. The zero-order valence-electron chi connectivity index (χ0n) is 17.8. The Morgan fingerprint density at radius 3 is 2.47 bits per heavy atom. The number of carbonyl (C=O) groups excluding carboxylic acids is 2. The first-order chi connectivity index (χ1) is 15.2. The number of thioether (sulfide) groups is 1. The summed E-state index contributed by atoms with van der Waals surface area (Å²) in [5, 5.41) is 23.4. The largest absolute Gasteiger partial charge is 0.478 e. The van der Waals surface area contributed by atoms with Crippen molar-refractivity contribution in [1.29, 1.82) is 0 Å². The van der Waals surface area contributed by atoms with Gasteiger partial charge in [-0.05, 0) is 50.2 Å². The van der Waals surface area contributed by atoms with Gasteiger partial charge in [0.25, 0.3) is 5.91 Å². The molecule has 0 radical (unpaired) electrons. The lowest BCUT2D eigenvalue weighted by molar-refractivity contribution is -0.113. The first-order valence-electron chi connectivity index (χ1n) is 9.77. The van der Waals surface area contributed by atoms with Crippen molar-refractivity contribution in [3.63, 3.8) is 0 Å². The first kappa shape index (κ1) is 23.0. The third kappa shape index (κ3) is 5.73. The third-order valence-corrected chi connectivity index (χ3v) is 5.65. The number of nitrogens with one attached hydrogen (secondary N) is 2. The van der Waals surface area contributed by atoms with Crippen molar-refractivity contribution in [3.8, 4) is 0 Å². The molecular formula is C22H23N5O4S. The Hall–Kier alpha value is -3.66. The minimum absolute atomic E-state index is 0.0939. The molecular weight excluding hydrogens is 430 g/mol. The lowest BCUT2D eigenvalue weighted by Crippen LogP contribution is -2.28. The number of benzene rings is 2. The van der Waals surface area contributed by atoms with Crippen molar-refractivity contribution < 1.29 is 19.5 Å². The summed E-state index contributed by atoms with van der Waals surface area (Å²) in [7, 11) is 1.77. The van der Waals surface area contributed by atoms with Crippen LogP contribution in [-0.2, 0) is 11.8 Å². The molecule has 0 aliphatic carbocycles. The van der Waals surface area contributed by atoms with E-state index in [0.29, 0.717) is 22.2 Å². The SMILES string of the molecule is Cc1cccc(C(=O)NC(C)c2nnc(SCC(=O)Nc3ccc(C(=O)O)cc3)n2C)c1. The predicted molar refractivity (Wildman–Crippen MR) is 121 cm³/mol. The van der Waals surface area contributed by atoms with Crippen LogP contribution >= 0.6 is 11.8 Å². The predicted octanol–water partition coefficient (Wildman–Crippen LogP) is 3.04. The molecule has 32 heavy (non-hydrogen) atoms. The number of nitrogens with zero attached hydrogens (tertiary/aromatic N) is 3. The molecule has 2 aromatic carbocycles. The summed E-state index contributed by atoms with van der Waals surface area (Å²) in [4.78, 5) is 35.6. The van der Waals surface area contributed by atoms with Crippen LogP contribution in [0.1, 0.15) is 45.1 Å². The number of amides is 2. The third-order valence-electron chi connectivity index (χ3n) is 4.63. The summed E-state index contributed by atoms with van der Waals surface area (Å²) in [6, 6.07) is 12.9. The van der Waals surface area contributed by atoms with Gasteiger partial charge in [-0.25, -0.2) is 4.79 Å². The summed E-state index contributed by atoms with van der Waals surface area (Å²) in [5.41, 5.74) is 2.22. The summed E-state index contributed by atoms with van der Waals surface area (Å²) < 4.78 is 1.74. The lowest BCUT2D eigenvalue weighted by Gasteiger charge is -2.14. The van der Waals surface area contributed by atoms with Gasteiger partial charge in [-0.15, -0.1) is 10.2 Å². The molecule has 1 heterocycles. The van der Waals surface area contributed by atoms with E-state index in [0.717, 1.165) is 5.56 Å². The van der Waals surface area contributed by atoms with Crippen LogP contribution in [0.3, 0.4) is 0 Å². The molecule has 1 unspecified atom stereocenters. The Kier molecular flexibility index (Phi) is 7.26. The molecule has 1 atom stereocenters. The minimum Gasteiger partial charge on any atom is -0.478 e. The van der Waals surface area contributed by atoms with E-state index in [-0.39, 0.29) is 29.2 Å². The molecule has 0 spiro atoms. The van der Waals surface area contributed by atoms with E-state index in [1.54, 1.807) is 17.7 Å². The van der Waals surface area contributed by atoms with Crippen LogP contribution in [0.2, 0.25) is 0 Å². The highest BCUT2D eigenvalue weighted by Crippen LogP contribution is 2.20. The van der Waals surface area contributed by atoms with Crippen molar-refractivity contribution in [2.24, 2.45) is 7.05 Å². The van der Waals surface area contributed by atoms with Crippen LogP contribution < -0.4 is 10.6 Å². The monoisotopic (exact) mass is 453 g/mol. The number of hydrogen-bond donors (Lipinski definition) is 3. The van der Waals surface area contributed by atoms with Gasteiger partial charge in [0.2, 0.25) is 5.91 Å². The van der Waals surface area contributed by atoms with E-state index in [1.165, 1.54) is 36.0 Å². The molecule has 0 bridgehead atoms. The van der Waals surface area contributed by atoms with Crippen molar-refractivity contribution >= 4 is 35.2 Å². The minimum atomic E-state index is -1.03. The molecule has 9 nitrogen and oxygen atoms in total. The maximum absolute atomic E-state index is 12.5. The van der Waals surface area contributed by atoms with Crippen LogP contribution in [0.4, 0.5) is 5.69 Å². The van der Waals surface area contributed by atoms with Gasteiger partial charge in [0.15, 0.2) is 11.0 Å². The first-order valence-corrected chi connectivity index (χ1v) is 10.8. The lowest BCUT2D eigenvalue weighted by atomic mass is 10.1. The van der Waals surface area contributed by atoms with Crippen LogP contribution in [0, 0.1) is 6.92 Å². The molecule has 10 heteroatoms. The smallest absolute Gasteiger partial charge is 0.335 e. The maximum Gasteiger partial charge on any atom is 0.335 e. The highest BCUT2D eigenvalue weighted by atomic mass is 32.2. The molecule has 0 saturated carbocycles. The Balaban J connectivity index is 1.56. The van der Waals surface area contributed by atoms with E-state index in [1.807, 2.05) is 32.0 Å². The number of carboxylic acid groups (broad SMARTS) is 1. The zero-order chi connectivity index (χ0) is 23.3. The Morgan fingerprint density at radius 2 is 1.81 bits per heavy atom. The molecule has 0 saturated heterocycles. The summed E-state index contributed by atoms with van der Waals surface area (Å²) >= 11 is 1.21. The number of anilines is 1. The fraction of sp³-hybridized carbons (Fsp3) is 0.227. The van der Waals surface area contributed by atoms with Crippen molar-refractivity contribution in [2.75, 3.05) is 11.1 Å². The number of aromatic carboxylic acids is 1. The Bertz CT molecular complexity index is 1140. The average molecular weight is 454 g/mol. The fourth-order valence-corrected chi connectivity index (χ4v) is 3.70. The second-order valence-electron chi connectivity index (χ2n) is 7.18. The molecule has 0 aliphatic heterocycles. The highest BCUT2D eigenvalue weighted by molar-refractivity contribution is 7.99. The van der Waals surface area contributed by atoms with E-state index in [9.17, 15) is 14.4 Å². The van der Waals surface area contributed by atoms with Crippen LogP contribution in [0.15, 0.2) is 53.7 Å². The van der Waals surface area contributed by atoms with Gasteiger partial charge in [-0.1, -0.05) is 29.5 Å². The van der Waals surface area contributed by atoms with Gasteiger partial charge in [0.1, 0.15) is 0 Å². The van der Waals surface area contributed by atoms with Gasteiger partial charge in [0, 0.05) is 18.3 Å². The molecule has 3 N–H and O–H groups in total. The summed E-state index contributed by atoms with van der Waals surface area (Å²) in [6.45, 7) is 3.74. The maximum atomic E-state index is 12.5. The summed E-state index contributed by atoms with van der Waals surface area (Å²) in [5.74, 6) is -0.828. The number of aromatic nitrogens is 3. The molecule has 0 aliphatic rings. The van der Waals surface area contributed by atoms with E-state index in [2.05, 4.69) is 20.8 Å². The van der Waals surface area contributed by atoms with Crippen molar-refractivity contribution in [2.45, 2.75) is 25.0 Å². The molecule has 166 valence electrons. The molecule has 0 fully saturated rings. The second-order valence-corrected chi connectivity index (χ2v) is 8.13. The van der Waals surface area contributed by atoms with Gasteiger partial charge in [-0.2, -0.15) is 0 Å². The zero-order valence-corrected chi connectivity index (χ0v) is 18.6. The molecule has 3 aromatic rings. The topological polar surface area (TPSA) is 126 Å². The summed E-state index contributed by atoms with van der Waals surface area (Å²) in [6.07, 6.45) is 0. The van der Waals surface area contributed by atoms with E-state index >= 15 is 0 Å². The number of aryl methyl sites for hydroxylation is 1. The van der Waals surface area contributed by atoms with Gasteiger partial charge in [0.05, 0.1) is 17.4 Å². The normalized spacial score (nSPS) is 11.6. The number of carboxylic acids is 1. The van der Waals surface area contributed by atoms with Gasteiger partial charge >= 0.3 is 5.97 Å². The van der Waals surface area contributed by atoms with Gasteiger partial charge < -0.3 is 20.3 Å². The van der Waals surface area contributed by atoms with E-state index in [4.69, 9.17) is 5.11 Å². The second kappa shape index (κ2) is 10.1. The van der Waals surface area contributed by atoms with Crippen molar-refractivity contribution in [3.05, 3.63) is 71.0 Å². The fourth-order valence-electron chi connectivity index (χ4n) is 2.98. The number of carbonyl (C=O) groups is 3. The Morgan fingerprint density at radius 1 is 1.09 bits per heavy atom. The van der Waals surface area contributed by atoms with Crippen LogP contribution in [-0.4, -0.2) is 43.4 Å². The quantitative estimate of drug-likeness (QED) is 0.448. The number of rotatable bonds is 8. The van der Waals surface area contributed by atoms with Crippen molar-refractivity contribution in [1.82, 2.24) is 20.1 Å². The van der Waals surface area contributed by atoms with E-state index < -0.39 is 5.97 Å². The van der Waals surface area contributed by atoms with Crippen LogP contribution in [0.25, 0.3) is 0 Å². The Labute approximate surface area is 189 Å². The average Bonchev–Trinajstić information content (AvgIpc) is 3.13. The molecule has 3 rings (SSSR count). The molecule has 1 aromatic heterocycles.